The number of hydrogen-bond acceptors (Lipinski definition) is 3. The van der Waals surface area contributed by atoms with Crippen LogP contribution in [0.15, 0.2) is 40.9 Å². The van der Waals surface area contributed by atoms with Crippen LogP contribution in [-0.4, -0.2) is 12.9 Å². The number of ketones is 1. The van der Waals surface area contributed by atoms with Crippen LogP contribution in [0.25, 0.3) is 0 Å². The number of Topliss-reactive ketones (excluding diaryl/α,β-unsaturated/α-hetero) is 1. The molecule has 5 heteroatoms. The first-order chi connectivity index (χ1) is 10.0. The maximum absolute atomic E-state index is 13.7. The number of halogens is 2. The first-order valence-electron chi connectivity index (χ1n) is 6.27. The lowest BCUT2D eigenvalue weighted by Gasteiger charge is -2.10. The van der Waals surface area contributed by atoms with Crippen LogP contribution in [0, 0.1) is 5.82 Å². The zero-order valence-corrected chi connectivity index (χ0v) is 13.2. The predicted octanol–water partition coefficient (Wildman–Crippen LogP) is 4.38. The Morgan fingerprint density at radius 3 is 2.52 bits per heavy atom. The standard InChI is InChI=1S/C16H14BrFO3/c1-10(19)14-5-3-13(8-16(14)18)21-9-11-7-12(20-2)4-6-15(11)17/h3-8H,9H2,1-2H3. The molecule has 2 aromatic carbocycles. The Bertz CT molecular complexity index is 671. The van der Waals surface area contributed by atoms with Crippen molar-refractivity contribution in [2.24, 2.45) is 0 Å². The molecule has 0 fully saturated rings. The molecule has 0 saturated heterocycles. The van der Waals surface area contributed by atoms with Gasteiger partial charge in [0, 0.05) is 16.1 Å². The molecule has 2 rings (SSSR count). The van der Waals surface area contributed by atoms with E-state index in [-0.39, 0.29) is 18.0 Å². The summed E-state index contributed by atoms with van der Waals surface area (Å²) in [5, 5.41) is 0. The van der Waals surface area contributed by atoms with E-state index >= 15 is 0 Å². The molecule has 0 spiro atoms. The first-order valence-corrected chi connectivity index (χ1v) is 7.06. The molecule has 3 nitrogen and oxygen atoms in total. The molecule has 0 heterocycles. The van der Waals surface area contributed by atoms with Gasteiger partial charge in [-0.05, 0) is 37.3 Å². The Morgan fingerprint density at radius 2 is 1.90 bits per heavy atom. The molecule has 0 aromatic heterocycles. The van der Waals surface area contributed by atoms with Crippen LogP contribution < -0.4 is 9.47 Å². The van der Waals surface area contributed by atoms with E-state index < -0.39 is 5.82 Å². The van der Waals surface area contributed by atoms with Crippen molar-refractivity contribution in [2.75, 3.05) is 7.11 Å². The summed E-state index contributed by atoms with van der Waals surface area (Å²) in [5.41, 5.74) is 0.940. The van der Waals surface area contributed by atoms with Gasteiger partial charge in [-0.2, -0.15) is 0 Å². The largest absolute Gasteiger partial charge is 0.497 e. The van der Waals surface area contributed by atoms with Gasteiger partial charge < -0.3 is 9.47 Å². The topological polar surface area (TPSA) is 35.5 Å². The second-order valence-corrected chi connectivity index (χ2v) is 5.30. The minimum Gasteiger partial charge on any atom is -0.497 e. The predicted molar refractivity (Wildman–Crippen MR) is 81.4 cm³/mol. The van der Waals surface area contributed by atoms with Gasteiger partial charge in [0.1, 0.15) is 23.9 Å². The Hall–Kier alpha value is -1.88. The van der Waals surface area contributed by atoms with Crippen LogP contribution >= 0.6 is 15.9 Å². The van der Waals surface area contributed by atoms with E-state index in [1.165, 1.54) is 19.1 Å². The fourth-order valence-corrected chi connectivity index (χ4v) is 2.18. The Balaban J connectivity index is 2.13. The number of hydrogen-bond donors (Lipinski definition) is 0. The smallest absolute Gasteiger partial charge is 0.162 e. The monoisotopic (exact) mass is 352 g/mol. The fourth-order valence-electron chi connectivity index (χ4n) is 1.82. The lowest BCUT2D eigenvalue weighted by molar-refractivity contribution is 0.101. The molecule has 0 amide bonds. The van der Waals surface area contributed by atoms with Gasteiger partial charge in [0.05, 0.1) is 12.7 Å². The Morgan fingerprint density at radius 1 is 1.19 bits per heavy atom. The third kappa shape index (κ3) is 3.82. The van der Waals surface area contributed by atoms with Crippen LogP contribution in [-0.2, 0) is 6.61 Å². The molecule has 0 aliphatic heterocycles. The van der Waals surface area contributed by atoms with Crippen molar-refractivity contribution in [1.29, 1.82) is 0 Å². The molecule has 0 atom stereocenters. The summed E-state index contributed by atoms with van der Waals surface area (Å²) in [6.45, 7) is 1.59. The minimum absolute atomic E-state index is 0.0601. The van der Waals surface area contributed by atoms with Crippen molar-refractivity contribution in [2.45, 2.75) is 13.5 Å². The van der Waals surface area contributed by atoms with E-state index in [0.29, 0.717) is 5.75 Å². The number of carbonyl (C=O) groups is 1. The normalized spacial score (nSPS) is 10.3. The zero-order valence-electron chi connectivity index (χ0n) is 11.7. The van der Waals surface area contributed by atoms with Crippen LogP contribution in [0.4, 0.5) is 4.39 Å². The highest BCUT2D eigenvalue weighted by Crippen LogP contribution is 2.25. The summed E-state index contributed by atoms with van der Waals surface area (Å²) in [7, 11) is 1.59. The maximum atomic E-state index is 13.7. The van der Waals surface area contributed by atoms with E-state index in [1.807, 2.05) is 18.2 Å². The van der Waals surface area contributed by atoms with E-state index in [9.17, 15) is 9.18 Å². The number of carbonyl (C=O) groups excluding carboxylic acids is 1. The van der Waals surface area contributed by atoms with E-state index in [4.69, 9.17) is 9.47 Å². The number of methoxy groups -OCH3 is 1. The lowest BCUT2D eigenvalue weighted by atomic mass is 10.1. The van der Waals surface area contributed by atoms with Crippen LogP contribution in [0.3, 0.4) is 0 Å². The molecule has 0 bridgehead atoms. The zero-order chi connectivity index (χ0) is 15.4. The summed E-state index contributed by atoms with van der Waals surface area (Å²) in [4.78, 5) is 11.2. The molecule has 0 aliphatic rings. The van der Waals surface area contributed by atoms with Gasteiger partial charge in [-0.25, -0.2) is 4.39 Å². The van der Waals surface area contributed by atoms with Crippen molar-refractivity contribution >= 4 is 21.7 Å². The average Bonchev–Trinajstić information content (AvgIpc) is 2.46. The second kappa shape index (κ2) is 6.72. The van der Waals surface area contributed by atoms with E-state index in [0.717, 1.165) is 15.8 Å². The molecule has 21 heavy (non-hydrogen) atoms. The van der Waals surface area contributed by atoms with Gasteiger partial charge in [0.2, 0.25) is 0 Å². The van der Waals surface area contributed by atoms with Crippen molar-refractivity contribution in [3.05, 3.63) is 57.8 Å². The summed E-state index contributed by atoms with van der Waals surface area (Å²) < 4.78 is 25.3. The minimum atomic E-state index is -0.579. The van der Waals surface area contributed by atoms with Crippen molar-refractivity contribution in [3.63, 3.8) is 0 Å². The summed E-state index contributed by atoms with van der Waals surface area (Å²) >= 11 is 3.42. The molecule has 110 valence electrons. The molecular formula is C16H14BrFO3. The third-order valence-electron chi connectivity index (χ3n) is 2.97. The lowest BCUT2D eigenvalue weighted by Crippen LogP contribution is -2.00. The maximum Gasteiger partial charge on any atom is 0.162 e. The van der Waals surface area contributed by atoms with Crippen molar-refractivity contribution in [1.82, 2.24) is 0 Å². The molecular weight excluding hydrogens is 339 g/mol. The van der Waals surface area contributed by atoms with Crippen molar-refractivity contribution < 1.29 is 18.7 Å². The van der Waals surface area contributed by atoms with Crippen LogP contribution in [0.2, 0.25) is 0 Å². The highest BCUT2D eigenvalue weighted by molar-refractivity contribution is 9.10. The first kappa shape index (κ1) is 15.5. The van der Waals surface area contributed by atoms with Gasteiger partial charge in [0.25, 0.3) is 0 Å². The fraction of sp³-hybridized carbons (Fsp3) is 0.188. The Kier molecular flexibility index (Phi) is 4.96. The number of rotatable bonds is 5. The second-order valence-electron chi connectivity index (χ2n) is 4.44. The van der Waals surface area contributed by atoms with Gasteiger partial charge >= 0.3 is 0 Å². The van der Waals surface area contributed by atoms with E-state index in [2.05, 4.69) is 15.9 Å². The SMILES string of the molecule is COc1ccc(Br)c(COc2ccc(C(C)=O)c(F)c2)c1. The highest BCUT2D eigenvalue weighted by atomic mass is 79.9. The highest BCUT2D eigenvalue weighted by Gasteiger charge is 2.09. The quantitative estimate of drug-likeness (QED) is 0.749. The molecule has 0 aliphatic carbocycles. The Labute approximate surface area is 130 Å². The molecule has 0 unspecified atom stereocenters. The molecule has 2 aromatic rings. The van der Waals surface area contributed by atoms with Gasteiger partial charge in [0.15, 0.2) is 5.78 Å². The van der Waals surface area contributed by atoms with Gasteiger partial charge in [-0.15, -0.1) is 0 Å². The van der Waals surface area contributed by atoms with Crippen LogP contribution in [0.5, 0.6) is 11.5 Å². The summed E-state index contributed by atoms with van der Waals surface area (Å²) in [6.07, 6.45) is 0. The summed E-state index contributed by atoms with van der Waals surface area (Å²) in [6, 6.07) is 9.74. The molecule has 0 saturated carbocycles. The molecule has 0 N–H and O–H groups in total. The van der Waals surface area contributed by atoms with Gasteiger partial charge in [-0.1, -0.05) is 15.9 Å². The third-order valence-corrected chi connectivity index (χ3v) is 3.74. The molecule has 0 radical (unpaired) electrons. The van der Waals surface area contributed by atoms with E-state index in [1.54, 1.807) is 13.2 Å². The van der Waals surface area contributed by atoms with Crippen molar-refractivity contribution in [3.8, 4) is 11.5 Å². The summed E-state index contributed by atoms with van der Waals surface area (Å²) in [5.74, 6) is 0.196. The number of benzene rings is 2. The number of ether oxygens (including phenoxy) is 2. The van der Waals surface area contributed by atoms with Gasteiger partial charge in [-0.3, -0.25) is 4.79 Å². The van der Waals surface area contributed by atoms with Crippen LogP contribution in [0.1, 0.15) is 22.8 Å². The average molecular weight is 353 g/mol.